The quantitative estimate of drug-likeness (QED) is 0.198. The molecule has 0 bridgehead atoms. The molecule has 8 aromatic rings. The molecule has 200 valence electrons. The maximum absolute atomic E-state index is 4.56. The van der Waals surface area contributed by atoms with Crippen LogP contribution < -0.4 is 0 Å². The summed E-state index contributed by atoms with van der Waals surface area (Å²) >= 11 is 1.88. The number of rotatable bonds is 3. The Hall–Kier alpha value is -5.18. The molecule has 0 amide bonds. The molecule has 2 heterocycles. The maximum Gasteiger partial charge on any atom is 0.0346 e. The lowest BCUT2D eigenvalue weighted by Crippen LogP contribution is -1.98. The Bertz CT molecular complexity index is 2360. The predicted octanol–water partition coefficient (Wildman–Crippen LogP) is 11.7. The van der Waals surface area contributed by atoms with Crippen LogP contribution in [-0.4, -0.2) is 4.98 Å². The fourth-order valence-corrected chi connectivity index (χ4v) is 7.88. The number of nitrogens with zero attached hydrogens (tertiary/aromatic N) is 1. The van der Waals surface area contributed by atoms with E-state index in [9.17, 15) is 0 Å². The van der Waals surface area contributed by atoms with Crippen molar-refractivity contribution >= 4 is 44.1 Å². The van der Waals surface area contributed by atoms with Crippen LogP contribution in [0.5, 0.6) is 0 Å². The van der Waals surface area contributed by atoms with Gasteiger partial charge in [0, 0.05) is 38.7 Å². The number of benzene rings is 7. The first-order chi connectivity index (χ1) is 21.3. The summed E-state index contributed by atoms with van der Waals surface area (Å²) in [6.45, 7) is 0. The van der Waals surface area contributed by atoms with Crippen LogP contribution in [0.15, 0.2) is 162 Å². The normalized spacial score (nSPS) is 12.1. The second-order valence-electron chi connectivity index (χ2n) is 11.2. The minimum atomic E-state index is 1.14. The van der Waals surface area contributed by atoms with Crippen molar-refractivity contribution in [2.24, 2.45) is 0 Å². The van der Waals surface area contributed by atoms with Gasteiger partial charge in [-0.3, -0.25) is 4.98 Å². The van der Waals surface area contributed by atoms with Gasteiger partial charge in [-0.15, -0.1) is 0 Å². The number of hydrogen-bond acceptors (Lipinski definition) is 2. The van der Waals surface area contributed by atoms with Crippen LogP contribution in [0.1, 0.15) is 0 Å². The molecule has 1 aromatic heterocycles. The van der Waals surface area contributed by atoms with Crippen molar-refractivity contribution in [2.45, 2.75) is 9.79 Å². The van der Waals surface area contributed by atoms with E-state index in [4.69, 9.17) is 0 Å². The molecule has 1 aliphatic heterocycles. The molecule has 0 radical (unpaired) electrons. The van der Waals surface area contributed by atoms with E-state index in [0.717, 1.165) is 5.56 Å². The Morgan fingerprint density at radius 2 is 1.19 bits per heavy atom. The number of fused-ring (bicyclic) bond motifs is 5. The SMILES string of the molecule is c1ccc(-c2ccc3c(c2)Sc2cccc4c2c-3c(-c2cccnc2)c2ccc(-c3ccc5ccccc5c3)cc24)cc1. The molecule has 0 fully saturated rings. The Labute approximate surface area is 254 Å². The summed E-state index contributed by atoms with van der Waals surface area (Å²) in [5.41, 5.74) is 9.92. The zero-order valence-electron chi connectivity index (χ0n) is 23.3. The summed E-state index contributed by atoms with van der Waals surface area (Å²) in [4.78, 5) is 7.15. The summed E-state index contributed by atoms with van der Waals surface area (Å²) in [5.74, 6) is 0. The topological polar surface area (TPSA) is 12.9 Å². The van der Waals surface area contributed by atoms with Crippen molar-refractivity contribution in [3.8, 4) is 44.5 Å². The molecule has 0 N–H and O–H groups in total. The summed E-state index contributed by atoms with van der Waals surface area (Å²) < 4.78 is 0. The number of aromatic nitrogens is 1. The van der Waals surface area contributed by atoms with E-state index in [1.165, 1.54) is 81.1 Å². The van der Waals surface area contributed by atoms with E-state index in [0.29, 0.717) is 0 Å². The Morgan fingerprint density at radius 3 is 2.07 bits per heavy atom. The average molecular weight is 564 g/mol. The summed E-state index contributed by atoms with van der Waals surface area (Å²) in [6.07, 6.45) is 3.87. The van der Waals surface area contributed by atoms with Gasteiger partial charge in [0.2, 0.25) is 0 Å². The third-order valence-corrected chi connectivity index (χ3v) is 9.83. The maximum atomic E-state index is 4.56. The lowest BCUT2D eigenvalue weighted by molar-refractivity contribution is 1.33. The van der Waals surface area contributed by atoms with Crippen molar-refractivity contribution in [2.75, 3.05) is 0 Å². The van der Waals surface area contributed by atoms with Crippen molar-refractivity contribution in [1.29, 1.82) is 0 Å². The highest BCUT2D eigenvalue weighted by Crippen LogP contribution is 2.54. The highest BCUT2D eigenvalue weighted by atomic mass is 32.2. The van der Waals surface area contributed by atoms with Gasteiger partial charge in [-0.2, -0.15) is 0 Å². The lowest BCUT2D eigenvalue weighted by Gasteiger charge is -2.26. The van der Waals surface area contributed by atoms with Gasteiger partial charge in [0.25, 0.3) is 0 Å². The molecular weight excluding hydrogens is 539 g/mol. The first-order valence-corrected chi connectivity index (χ1v) is 15.4. The van der Waals surface area contributed by atoms with Gasteiger partial charge >= 0.3 is 0 Å². The summed E-state index contributed by atoms with van der Waals surface area (Å²) in [7, 11) is 0. The average Bonchev–Trinajstić information content (AvgIpc) is 3.08. The van der Waals surface area contributed by atoms with Crippen LogP contribution in [0, 0.1) is 0 Å². The van der Waals surface area contributed by atoms with E-state index in [1.807, 2.05) is 30.2 Å². The molecule has 7 aromatic carbocycles. The predicted molar refractivity (Wildman–Crippen MR) is 183 cm³/mol. The van der Waals surface area contributed by atoms with E-state index in [1.54, 1.807) is 0 Å². The van der Waals surface area contributed by atoms with E-state index >= 15 is 0 Å². The van der Waals surface area contributed by atoms with Gasteiger partial charge in [-0.25, -0.2) is 0 Å². The van der Waals surface area contributed by atoms with Gasteiger partial charge in [0.05, 0.1) is 0 Å². The molecule has 9 rings (SSSR count). The zero-order chi connectivity index (χ0) is 28.3. The molecular formula is C41H25NS. The van der Waals surface area contributed by atoms with Gasteiger partial charge < -0.3 is 0 Å². The molecule has 0 aliphatic carbocycles. The van der Waals surface area contributed by atoms with Gasteiger partial charge in [-0.1, -0.05) is 121 Å². The van der Waals surface area contributed by atoms with Crippen LogP contribution in [0.25, 0.3) is 76.8 Å². The molecule has 0 atom stereocenters. The third-order valence-electron chi connectivity index (χ3n) is 8.72. The Balaban J connectivity index is 1.35. The Kier molecular flexibility index (Phi) is 5.50. The highest BCUT2D eigenvalue weighted by Gasteiger charge is 2.26. The standard InChI is InChI=1S/C41H25NS/c1-2-8-26(9-3-1)31-18-20-35-38(24-31)43-37-14-6-13-33-36-23-30(29-16-15-27-10-4-5-11-28(27)22-29)17-19-34(36)39(41(35)40(33)37)32-12-7-21-42-25-32/h1-25H. The smallest absolute Gasteiger partial charge is 0.0346 e. The third kappa shape index (κ3) is 3.91. The van der Waals surface area contributed by atoms with Crippen molar-refractivity contribution in [3.05, 3.63) is 152 Å². The van der Waals surface area contributed by atoms with Crippen molar-refractivity contribution in [1.82, 2.24) is 4.98 Å². The van der Waals surface area contributed by atoms with Crippen LogP contribution in [0.4, 0.5) is 0 Å². The molecule has 43 heavy (non-hydrogen) atoms. The van der Waals surface area contributed by atoms with Gasteiger partial charge in [-0.05, 0) is 90.6 Å². The monoisotopic (exact) mass is 563 g/mol. The number of hydrogen-bond donors (Lipinski definition) is 0. The zero-order valence-corrected chi connectivity index (χ0v) is 24.1. The minimum Gasteiger partial charge on any atom is -0.264 e. The highest BCUT2D eigenvalue weighted by molar-refractivity contribution is 7.99. The first kappa shape index (κ1) is 24.4. The number of pyridine rings is 1. The minimum absolute atomic E-state index is 1.14. The lowest BCUT2D eigenvalue weighted by atomic mass is 9.84. The van der Waals surface area contributed by atoms with E-state index in [2.05, 4.69) is 138 Å². The molecule has 1 aliphatic rings. The van der Waals surface area contributed by atoms with Gasteiger partial charge in [0.1, 0.15) is 0 Å². The molecule has 0 saturated carbocycles. The van der Waals surface area contributed by atoms with E-state index in [-0.39, 0.29) is 0 Å². The van der Waals surface area contributed by atoms with Crippen LogP contribution in [0.2, 0.25) is 0 Å². The fraction of sp³-hybridized carbons (Fsp3) is 0. The summed E-state index contributed by atoms with van der Waals surface area (Å²) in [5, 5.41) is 7.67. The summed E-state index contributed by atoms with van der Waals surface area (Å²) in [6, 6.07) is 51.0. The van der Waals surface area contributed by atoms with Crippen LogP contribution in [0.3, 0.4) is 0 Å². The molecule has 0 saturated heterocycles. The molecule has 2 heteroatoms. The fourth-order valence-electron chi connectivity index (χ4n) is 6.71. The van der Waals surface area contributed by atoms with Gasteiger partial charge in [0.15, 0.2) is 0 Å². The first-order valence-electron chi connectivity index (χ1n) is 14.6. The second kappa shape index (κ2) is 9.69. The molecule has 0 spiro atoms. The van der Waals surface area contributed by atoms with Crippen LogP contribution in [-0.2, 0) is 0 Å². The van der Waals surface area contributed by atoms with Crippen molar-refractivity contribution in [3.63, 3.8) is 0 Å². The Morgan fingerprint density at radius 1 is 0.419 bits per heavy atom. The van der Waals surface area contributed by atoms with Crippen LogP contribution >= 0.6 is 11.8 Å². The van der Waals surface area contributed by atoms with E-state index < -0.39 is 0 Å². The largest absolute Gasteiger partial charge is 0.264 e. The van der Waals surface area contributed by atoms with Crippen molar-refractivity contribution < 1.29 is 0 Å². The molecule has 1 nitrogen and oxygen atoms in total. The molecule has 0 unspecified atom stereocenters. The second-order valence-corrected chi connectivity index (χ2v) is 12.3.